The van der Waals surface area contributed by atoms with Gasteiger partial charge in [-0.05, 0) is 13.8 Å². The van der Waals surface area contributed by atoms with E-state index in [4.69, 9.17) is 5.26 Å². The molecule has 0 aromatic rings. The number of carbonyl (C=O) groups excluding carboxylic acids is 2. The van der Waals surface area contributed by atoms with Gasteiger partial charge in [0.25, 0.3) is 0 Å². The average molecular weight is 195 g/mol. The minimum absolute atomic E-state index is 0.276. The molecule has 0 heterocycles. The lowest BCUT2D eigenvalue weighted by molar-refractivity contribution is -0.117. The van der Waals surface area contributed by atoms with Crippen molar-refractivity contribution in [1.29, 1.82) is 5.26 Å². The summed E-state index contributed by atoms with van der Waals surface area (Å²) in [5, 5.41) is 11.0. The largest absolute Gasteiger partial charge is 0.355 e. The van der Waals surface area contributed by atoms with Crippen LogP contribution in [-0.4, -0.2) is 30.3 Å². The summed E-state index contributed by atoms with van der Waals surface area (Å²) < 4.78 is 0. The Bertz CT molecular complexity index is 291. The van der Waals surface area contributed by atoms with Crippen molar-refractivity contribution in [3.8, 4) is 6.07 Å². The Labute approximate surface area is 83.0 Å². The Morgan fingerprint density at radius 1 is 1.64 bits per heavy atom. The van der Waals surface area contributed by atoms with Gasteiger partial charge < -0.3 is 10.2 Å². The van der Waals surface area contributed by atoms with Crippen molar-refractivity contribution in [2.75, 3.05) is 7.05 Å². The zero-order valence-corrected chi connectivity index (χ0v) is 8.44. The molecule has 0 aliphatic heterocycles. The molecule has 0 aromatic carbocycles. The van der Waals surface area contributed by atoms with Gasteiger partial charge in [0.15, 0.2) is 0 Å². The molecule has 0 rings (SSSR count). The van der Waals surface area contributed by atoms with Crippen LogP contribution in [0.25, 0.3) is 0 Å². The third kappa shape index (κ3) is 3.27. The van der Waals surface area contributed by atoms with Crippen LogP contribution in [-0.2, 0) is 9.59 Å². The van der Waals surface area contributed by atoms with Crippen LogP contribution in [0.2, 0.25) is 0 Å². The van der Waals surface area contributed by atoms with Crippen molar-refractivity contribution in [2.24, 2.45) is 0 Å². The molecule has 1 unspecified atom stereocenters. The highest BCUT2D eigenvalue weighted by Crippen LogP contribution is 2.00. The van der Waals surface area contributed by atoms with Crippen molar-refractivity contribution in [1.82, 2.24) is 10.2 Å². The van der Waals surface area contributed by atoms with Crippen LogP contribution in [0.15, 0.2) is 11.8 Å². The summed E-state index contributed by atoms with van der Waals surface area (Å²) in [6.45, 7) is 3.14. The van der Waals surface area contributed by atoms with Gasteiger partial charge in [-0.1, -0.05) is 0 Å². The van der Waals surface area contributed by atoms with Crippen LogP contribution in [0.3, 0.4) is 0 Å². The number of nitrogens with zero attached hydrogens (tertiary/aromatic N) is 2. The first-order valence-electron chi connectivity index (χ1n) is 4.09. The maximum atomic E-state index is 11.1. The molecule has 0 aromatic heterocycles. The van der Waals surface area contributed by atoms with Gasteiger partial charge in [0, 0.05) is 18.8 Å². The van der Waals surface area contributed by atoms with Gasteiger partial charge in [0.2, 0.25) is 12.3 Å². The lowest BCUT2D eigenvalue weighted by atomic mass is 10.3. The summed E-state index contributed by atoms with van der Waals surface area (Å²) in [5.41, 5.74) is 0.377. The highest BCUT2D eigenvalue weighted by molar-refractivity contribution is 5.92. The predicted octanol–water partition coefficient (Wildman–Crippen LogP) is 0.00668. The number of rotatable bonds is 4. The van der Waals surface area contributed by atoms with Gasteiger partial charge in [-0.25, -0.2) is 0 Å². The fraction of sp³-hybridized carbons (Fsp3) is 0.444. The molecule has 0 aliphatic rings. The molecular formula is C9H13N3O2. The molecule has 14 heavy (non-hydrogen) atoms. The predicted molar refractivity (Wildman–Crippen MR) is 50.8 cm³/mol. The van der Waals surface area contributed by atoms with E-state index in [1.807, 2.05) is 6.07 Å². The minimum atomic E-state index is -0.577. The molecule has 5 heteroatoms. The zero-order chi connectivity index (χ0) is 11.1. The lowest BCUT2D eigenvalue weighted by Gasteiger charge is -2.15. The van der Waals surface area contributed by atoms with E-state index in [0.29, 0.717) is 12.0 Å². The molecule has 0 spiro atoms. The van der Waals surface area contributed by atoms with Crippen LogP contribution >= 0.6 is 0 Å². The van der Waals surface area contributed by atoms with E-state index in [1.54, 1.807) is 13.8 Å². The molecule has 5 nitrogen and oxygen atoms in total. The number of hydrogen-bond acceptors (Lipinski definition) is 3. The second-order valence-electron chi connectivity index (χ2n) is 2.75. The van der Waals surface area contributed by atoms with Crippen LogP contribution < -0.4 is 5.32 Å². The summed E-state index contributed by atoms with van der Waals surface area (Å²) >= 11 is 0. The van der Waals surface area contributed by atoms with E-state index in [1.165, 1.54) is 13.2 Å². The summed E-state index contributed by atoms with van der Waals surface area (Å²) in [6, 6.07) is 1.32. The van der Waals surface area contributed by atoms with E-state index >= 15 is 0 Å². The summed E-state index contributed by atoms with van der Waals surface area (Å²) in [5.74, 6) is -0.276. The molecule has 1 N–H and O–H groups in total. The first kappa shape index (κ1) is 12.2. The summed E-state index contributed by atoms with van der Waals surface area (Å²) in [4.78, 5) is 22.8. The number of carbonyl (C=O) groups is 2. The Morgan fingerprint density at radius 2 is 2.21 bits per heavy atom. The molecule has 0 radical (unpaired) electrons. The molecule has 0 saturated heterocycles. The SMILES string of the molecule is CNC(=O)/C(C)=C\N(C=O)C(C)C#N. The van der Waals surface area contributed by atoms with E-state index in [2.05, 4.69) is 5.32 Å². The smallest absolute Gasteiger partial charge is 0.248 e. The van der Waals surface area contributed by atoms with Gasteiger partial charge in [-0.3, -0.25) is 9.59 Å². The second-order valence-corrected chi connectivity index (χ2v) is 2.75. The van der Waals surface area contributed by atoms with Gasteiger partial charge in [0.1, 0.15) is 6.04 Å². The second kappa shape index (κ2) is 5.75. The maximum Gasteiger partial charge on any atom is 0.248 e. The quantitative estimate of drug-likeness (QED) is 0.507. The highest BCUT2D eigenvalue weighted by atomic mass is 16.2. The minimum Gasteiger partial charge on any atom is -0.355 e. The van der Waals surface area contributed by atoms with E-state index in [9.17, 15) is 9.59 Å². The Morgan fingerprint density at radius 3 is 2.57 bits per heavy atom. The fourth-order valence-corrected chi connectivity index (χ4v) is 0.780. The number of nitrogens with one attached hydrogen (secondary N) is 1. The van der Waals surface area contributed by atoms with E-state index < -0.39 is 6.04 Å². The first-order chi connectivity index (χ1) is 6.56. The molecule has 0 bridgehead atoms. The summed E-state index contributed by atoms with van der Waals surface area (Å²) in [7, 11) is 1.50. The normalized spacial score (nSPS) is 12.6. The number of hydrogen-bond donors (Lipinski definition) is 1. The summed E-state index contributed by atoms with van der Waals surface area (Å²) in [6.07, 6.45) is 1.86. The molecule has 0 saturated carbocycles. The Kier molecular flexibility index (Phi) is 5.00. The van der Waals surface area contributed by atoms with Crippen LogP contribution in [0.4, 0.5) is 0 Å². The van der Waals surface area contributed by atoms with Gasteiger partial charge in [-0.2, -0.15) is 5.26 Å². The van der Waals surface area contributed by atoms with Crippen molar-refractivity contribution >= 4 is 12.3 Å². The Balaban J connectivity index is 4.67. The van der Waals surface area contributed by atoms with Crippen molar-refractivity contribution in [3.63, 3.8) is 0 Å². The topological polar surface area (TPSA) is 73.2 Å². The average Bonchev–Trinajstić information content (AvgIpc) is 2.22. The van der Waals surface area contributed by atoms with Crippen molar-refractivity contribution < 1.29 is 9.59 Å². The van der Waals surface area contributed by atoms with E-state index in [-0.39, 0.29) is 5.91 Å². The molecule has 0 fully saturated rings. The Hall–Kier alpha value is -1.83. The van der Waals surface area contributed by atoms with Crippen molar-refractivity contribution in [2.45, 2.75) is 19.9 Å². The molecule has 76 valence electrons. The number of nitriles is 1. The lowest BCUT2D eigenvalue weighted by Crippen LogP contribution is -2.27. The fourth-order valence-electron chi connectivity index (χ4n) is 0.780. The standard InChI is InChI=1S/C9H13N3O2/c1-7(9(14)11-3)5-12(6-13)8(2)4-10/h5-6,8H,1-3H3,(H,11,14)/b7-5-. The highest BCUT2D eigenvalue weighted by Gasteiger charge is 2.09. The van der Waals surface area contributed by atoms with Crippen molar-refractivity contribution in [3.05, 3.63) is 11.8 Å². The van der Waals surface area contributed by atoms with Gasteiger partial charge >= 0.3 is 0 Å². The van der Waals surface area contributed by atoms with Crippen LogP contribution in [0.5, 0.6) is 0 Å². The molecule has 0 aliphatic carbocycles. The van der Waals surface area contributed by atoms with Gasteiger partial charge in [0.05, 0.1) is 6.07 Å². The monoisotopic (exact) mass is 195 g/mol. The van der Waals surface area contributed by atoms with Crippen LogP contribution in [0, 0.1) is 11.3 Å². The van der Waals surface area contributed by atoms with Gasteiger partial charge in [-0.15, -0.1) is 0 Å². The maximum absolute atomic E-state index is 11.1. The third-order valence-electron chi connectivity index (χ3n) is 1.68. The number of likely N-dealkylation sites (N-methyl/N-ethyl adjacent to an activating group) is 1. The molecular weight excluding hydrogens is 182 g/mol. The first-order valence-corrected chi connectivity index (χ1v) is 4.09. The molecule has 1 atom stereocenters. The third-order valence-corrected chi connectivity index (χ3v) is 1.68. The zero-order valence-electron chi connectivity index (χ0n) is 8.44. The van der Waals surface area contributed by atoms with Crippen LogP contribution in [0.1, 0.15) is 13.8 Å². The number of amides is 2. The van der Waals surface area contributed by atoms with E-state index in [0.717, 1.165) is 4.90 Å². The molecule has 2 amide bonds.